The number of hydrogen-bond donors (Lipinski definition) is 1. The summed E-state index contributed by atoms with van der Waals surface area (Å²) in [5, 5.41) is 10.5. The van der Waals surface area contributed by atoms with E-state index in [4.69, 9.17) is 4.74 Å². The molecule has 4 nitrogen and oxygen atoms in total. The van der Waals surface area contributed by atoms with Gasteiger partial charge >= 0.3 is 5.97 Å². The summed E-state index contributed by atoms with van der Waals surface area (Å²) in [5.74, 6) is -1.85. The lowest BCUT2D eigenvalue weighted by Gasteiger charge is -2.50. The highest BCUT2D eigenvalue weighted by Crippen LogP contribution is 2.56. The Kier molecular flexibility index (Phi) is 2.37. The van der Waals surface area contributed by atoms with Gasteiger partial charge in [0.05, 0.1) is 0 Å². The number of ketones is 1. The molecule has 0 bridgehead atoms. The molecule has 3 aliphatic rings. The van der Waals surface area contributed by atoms with Crippen molar-refractivity contribution in [2.24, 2.45) is 17.3 Å². The fourth-order valence-corrected chi connectivity index (χ4v) is 3.63. The van der Waals surface area contributed by atoms with Crippen molar-refractivity contribution in [3.63, 3.8) is 0 Å². The zero-order valence-corrected chi connectivity index (χ0v) is 11.4. The lowest BCUT2D eigenvalue weighted by molar-refractivity contribution is -0.199. The van der Waals surface area contributed by atoms with Gasteiger partial charge < -0.3 is 9.84 Å². The molecule has 102 valence electrons. The molecule has 0 saturated heterocycles. The van der Waals surface area contributed by atoms with Crippen molar-refractivity contribution in [1.82, 2.24) is 0 Å². The van der Waals surface area contributed by atoms with Crippen molar-refractivity contribution in [3.8, 4) is 0 Å². The third kappa shape index (κ3) is 1.49. The molecule has 0 amide bonds. The number of carbonyl (C=O) groups is 2. The van der Waals surface area contributed by atoms with Gasteiger partial charge in [0.1, 0.15) is 0 Å². The maximum absolute atomic E-state index is 11.9. The molecule has 1 saturated carbocycles. The van der Waals surface area contributed by atoms with E-state index in [-0.39, 0.29) is 23.0 Å². The van der Waals surface area contributed by atoms with E-state index in [9.17, 15) is 14.7 Å². The zero-order chi connectivity index (χ0) is 14.0. The van der Waals surface area contributed by atoms with Crippen molar-refractivity contribution in [2.45, 2.75) is 39.4 Å². The average molecular weight is 262 g/mol. The highest BCUT2D eigenvalue weighted by molar-refractivity contribution is 5.94. The Balaban J connectivity index is 2.09. The molecule has 1 fully saturated rings. The van der Waals surface area contributed by atoms with Gasteiger partial charge in [-0.05, 0) is 30.8 Å². The Bertz CT molecular complexity index is 544. The van der Waals surface area contributed by atoms with Crippen molar-refractivity contribution < 1.29 is 19.4 Å². The zero-order valence-electron chi connectivity index (χ0n) is 11.4. The summed E-state index contributed by atoms with van der Waals surface area (Å²) in [6.45, 7) is 5.67. The van der Waals surface area contributed by atoms with E-state index in [1.807, 2.05) is 13.0 Å². The number of allylic oxidation sites excluding steroid dienone is 2. The Labute approximate surface area is 112 Å². The minimum atomic E-state index is -1.46. The highest BCUT2D eigenvalue weighted by atomic mass is 16.7. The number of fused-ring (bicyclic) bond motifs is 2. The summed E-state index contributed by atoms with van der Waals surface area (Å²) in [5.41, 5.74) is 0.908. The van der Waals surface area contributed by atoms with Gasteiger partial charge in [-0.2, -0.15) is 0 Å². The summed E-state index contributed by atoms with van der Waals surface area (Å²) in [4.78, 5) is 23.6. The second-order valence-electron chi connectivity index (χ2n) is 6.25. The lowest BCUT2D eigenvalue weighted by Crippen LogP contribution is -2.50. The van der Waals surface area contributed by atoms with Gasteiger partial charge in [0.15, 0.2) is 5.78 Å². The van der Waals surface area contributed by atoms with Crippen molar-refractivity contribution in [1.29, 1.82) is 0 Å². The van der Waals surface area contributed by atoms with Crippen LogP contribution >= 0.6 is 0 Å². The molecular formula is C15H18O4. The van der Waals surface area contributed by atoms with Gasteiger partial charge in [0, 0.05) is 23.5 Å². The summed E-state index contributed by atoms with van der Waals surface area (Å²) in [6, 6.07) is 0. The van der Waals surface area contributed by atoms with E-state index in [1.165, 1.54) is 0 Å². The van der Waals surface area contributed by atoms with Gasteiger partial charge in [-0.1, -0.05) is 19.9 Å². The molecule has 2 aliphatic carbocycles. The van der Waals surface area contributed by atoms with Crippen molar-refractivity contribution in [2.75, 3.05) is 0 Å². The Morgan fingerprint density at radius 2 is 2.11 bits per heavy atom. The number of esters is 1. The molecule has 0 aromatic heterocycles. The van der Waals surface area contributed by atoms with Crippen LogP contribution in [0.5, 0.6) is 0 Å². The maximum Gasteiger partial charge on any atom is 0.336 e. The summed E-state index contributed by atoms with van der Waals surface area (Å²) >= 11 is 0. The van der Waals surface area contributed by atoms with E-state index in [0.717, 1.165) is 0 Å². The molecule has 4 unspecified atom stereocenters. The first-order chi connectivity index (χ1) is 8.78. The number of aliphatic hydroxyl groups is 1. The number of ether oxygens (including phenoxy) is 1. The minimum Gasteiger partial charge on any atom is -0.426 e. The Morgan fingerprint density at radius 3 is 2.79 bits per heavy atom. The monoisotopic (exact) mass is 262 g/mol. The molecule has 1 heterocycles. The van der Waals surface area contributed by atoms with Crippen LogP contribution in [0.3, 0.4) is 0 Å². The van der Waals surface area contributed by atoms with Crippen LogP contribution in [0.4, 0.5) is 0 Å². The fourth-order valence-electron chi connectivity index (χ4n) is 3.63. The number of hydrogen-bond acceptors (Lipinski definition) is 4. The average Bonchev–Trinajstić information content (AvgIpc) is 2.55. The van der Waals surface area contributed by atoms with Crippen LogP contribution in [0, 0.1) is 17.3 Å². The van der Waals surface area contributed by atoms with Crippen LogP contribution in [0.15, 0.2) is 23.3 Å². The first kappa shape index (κ1) is 12.6. The maximum atomic E-state index is 11.9. The molecule has 0 spiro atoms. The van der Waals surface area contributed by atoms with E-state index >= 15 is 0 Å². The molecule has 4 heteroatoms. The topological polar surface area (TPSA) is 63.6 Å². The van der Waals surface area contributed by atoms with Crippen molar-refractivity contribution in [3.05, 3.63) is 23.3 Å². The molecule has 1 N–H and O–H groups in total. The number of rotatable bonds is 0. The Morgan fingerprint density at radius 1 is 1.42 bits per heavy atom. The quantitative estimate of drug-likeness (QED) is 0.675. The van der Waals surface area contributed by atoms with Gasteiger partial charge in [0.2, 0.25) is 5.79 Å². The normalized spacial score (nSPS) is 45.1. The van der Waals surface area contributed by atoms with Crippen molar-refractivity contribution >= 4 is 11.8 Å². The smallest absolute Gasteiger partial charge is 0.336 e. The molecule has 3 rings (SSSR count). The van der Waals surface area contributed by atoms with Gasteiger partial charge in [0.25, 0.3) is 0 Å². The molecule has 0 aromatic carbocycles. The van der Waals surface area contributed by atoms with Crippen LogP contribution in [0.25, 0.3) is 0 Å². The fraction of sp³-hybridized carbons (Fsp3) is 0.600. The van der Waals surface area contributed by atoms with Crippen LogP contribution in [0.1, 0.15) is 33.6 Å². The summed E-state index contributed by atoms with van der Waals surface area (Å²) < 4.78 is 5.14. The molecule has 0 aromatic rings. The molecule has 0 radical (unpaired) electrons. The minimum absolute atomic E-state index is 0.0487. The van der Waals surface area contributed by atoms with E-state index in [1.54, 1.807) is 13.0 Å². The SMILES string of the molecule is CC1=C2CC3(C)C(C=CC(=O)C3C)CC2(O)OC1=O. The predicted octanol–water partition coefficient (Wildman–Crippen LogP) is 1.74. The lowest BCUT2D eigenvalue weighted by atomic mass is 9.55. The van der Waals surface area contributed by atoms with E-state index in [0.29, 0.717) is 24.0 Å². The predicted molar refractivity (Wildman–Crippen MR) is 67.9 cm³/mol. The molecule has 19 heavy (non-hydrogen) atoms. The summed E-state index contributed by atoms with van der Waals surface area (Å²) in [7, 11) is 0. The third-order valence-electron chi connectivity index (χ3n) is 5.30. The summed E-state index contributed by atoms with van der Waals surface area (Å²) in [6.07, 6.45) is 4.33. The van der Waals surface area contributed by atoms with Crippen LogP contribution < -0.4 is 0 Å². The third-order valence-corrected chi connectivity index (χ3v) is 5.30. The van der Waals surface area contributed by atoms with E-state index < -0.39 is 11.8 Å². The van der Waals surface area contributed by atoms with Gasteiger partial charge in [-0.3, -0.25) is 4.79 Å². The van der Waals surface area contributed by atoms with Gasteiger partial charge in [-0.15, -0.1) is 0 Å². The first-order valence-corrected chi connectivity index (χ1v) is 6.66. The van der Waals surface area contributed by atoms with Crippen LogP contribution in [0.2, 0.25) is 0 Å². The second kappa shape index (κ2) is 3.57. The standard InChI is InChI=1S/C15H18O4/c1-8-11-7-14(3)9(2)12(16)5-4-10(14)6-15(11,18)19-13(8)17/h4-5,9-10,18H,6-7H2,1-3H3. The molecular weight excluding hydrogens is 244 g/mol. The highest BCUT2D eigenvalue weighted by Gasteiger charge is 2.57. The first-order valence-electron chi connectivity index (χ1n) is 6.66. The molecule has 1 aliphatic heterocycles. The Hall–Kier alpha value is -1.42. The number of carbonyl (C=O) groups excluding carboxylic acids is 2. The van der Waals surface area contributed by atoms with Crippen LogP contribution in [-0.2, 0) is 14.3 Å². The van der Waals surface area contributed by atoms with E-state index in [2.05, 4.69) is 6.92 Å². The van der Waals surface area contributed by atoms with Crippen LogP contribution in [-0.4, -0.2) is 22.6 Å². The largest absolute Gasteiger partial charge is 0.426 e. The molecule has 4 atom stereocenters. The van der Waals surface area contributed by atoms with Gasteiger partial charge in [-0.25, -0.2) is 4.79 Å². The second-order valence-corrected chi connectivity index (χ2v) is 6.25.